The number of barbiturate groups is 1. The summed E-state index contributed by atoms with van der Waals surface area (Å²) < 4.78 is 5.01. The Morgan fingerprint density at radius 1 is 1.14 bits per heavy atom. The predicted octanol–water partition coefficient (Wildman–Crippen LogP) is 1.96. The van der Waals surface area contributed by atoms with Crippen LogP contribution in [0, 0.1) is 5.92 Å². The number of nitrogens with zero attached hydrogens (tertiary/aromatic N) is 2. The van der Waals surface area contributed by atoms with E-state index in [1.807, 2.05) is 0 Å². The summed E-state index contributed by atoms with van der Waals surface area (Å²) in [7, 11) is 1.50. The van der Waals surface area contributed by atoms with E-state index in [0.29, 0.717) is 16.3 Å². The van der Waals surface area contributed by atoms with E-state index in [0.717, 1.165) is 11.1 Å². The normalized spacial score (nSPS) is 16.7. The third kappa shape index (κ3) is 4.41. The Morgan fingerprint density at radius 3 is 2.41 bits per heavy atom. The highest BCUT2D eigenvalue weighted by molar-refractivity contribution is 6.33. The van der Waals surface area contributed by atoms with Crippen LogP contribution in [0.3, 0.4) is 0 Å². The number of hydrogen-bond donors (Lipinski definition) is 2. The van der Waals surface area contributed by atoms with Crippen LogP contribution in [0.15, 0.2) is 53.6 Å². The molecule has 0 aliphatic carbocycles. The van der Waals surface area contributed by atoms with Crippen LogP contribution in [-0.2, 0) is 9.59 Å². The second kappa shape index (κ2) is 8.53. The quantitative estimate of drug-likeness (QED) is 0.440. The smallest absolute Gasteiger partial charge is 0.335 e. The molecule has 2 aromatic rings. The van der Waals surface area contributed by atoms with Gasteiger partial charge in [0.05, 0.1) is 12.8 Å². The van der Waals surface area contributed by atoms with E-state index in [9.17, 15) is 19.2 Å². The Balaban J connectivity index is 1.72. The summed E-state index contributed by atoms with van der Waals surface area (Å²) in [5.41, 5.74) is 2.78. The molecule has 2 aromatic carbocycles. The average molecular weight is 415 g/mol. The predicted molar refractivity (Wildman–Crippen MR) is 105 cm³/mol. The van der Waals surface area contributed by atoms with E-state index in [4.69, 9.17) is 16.3 Å². The van der Waals surface area contributed by atoms with Gasteiger partial charge in [-0.2, -0.15) is 5.10 Å². The first-order chi connectivity index (χ1) is 13.9. The SMILES string of the molecule is COc1ccc(C(=O)N/N=C\[C@@H]2C(=O)NC(=O)N(c3ccc(Cl)cc3)C2=O)cc1. The molecule has 1 heterocycles. The van der Waals surface area contributed by atoms with Gasteiger partial charge < -0.3 is 4.74 Å². The van der Waals surface area contributed by atoms with E-state index in [-0.39, 0.29) is 5.69 Å². The van der Waals surface area contributed by atoms with Gasteiger partial charge in [-0.15, -0.1) is 0 Å². The lowest BCUT2D eigenvalue weighted by atomic mass is 10.1. The molecule has 3 rings (SSSR count). The first-order valence-corrected chi connectivity index (χ1v) is 8.70. The van der Waals surface area contributed by atoms with Crippen molar-refractivity contribution in [3.05, 3.63) is 59.1 Å². The van der Waals surface area contributed by atoms with Gasteiger partial charge in [-0.1, -0.05) is 11.6 Å². The van der Waals surface area contributed by atoms with E-state index in [1.54, 1.807) is 12.1 Å². The minimum absolute atomic E-state index is 0.241. The van der Waals surface area contributed by atoms with E-state index < -0.39 is 29.7 Å². The maximum atomic E-state index is 12.6. The van der Waals surface area contributed by atoms with Gasteiger partial charge in [0.1, 0.15) is 5.75 Å². The Labute approximate surface area is 170 Å². The number of nitrogens with one attached hydrogen (secondary N) is 2. The van der Waals surface area contributed by atoms with Crippen LogP contribution in [-0.4, -0.2) is 37.1 Å². The third-order valence-electron chi connectivity index (χ3n) is 4.03. The zero-order chi connectivity index (χ0) is 21.0. The molecule has 0 spiro atoms. The van der Waals surface area contributed by atoms with Crippen LogP contribution in [0.1, 0.15) is 10.4 Å². The van der Waals surface area contributed by atoms with Gasteiger partial charge in [0.25, 0.3) is 11.8 Å². The first kappa shape index (κ1) is 20.0. The lowest BCUT2D eigenvalue weighted by molar-refractivity contribution is -0.131. The summed E-state index contributed by atoms with van der Waals surface area (Å²) in [6.07, 6.45) is 0.967. The fourth-order valence-corrected chi connectivity index (χ4v) is 2.66. The molecule has 1 aliphatic heterocycles. The molecule has 0 saturated carbocycles. The molecular weight excluding hydrogens is 400 g/mol. The molecule has 148 valence electrons. The van der Waals surface area contributed by atoms with Crippen molar-refractivity contribution in [2.45, 2.75) is 0 Å². The summed E-state index contributed by atoms with van der Waals surface area (Å²) in [6.45, 7) is 0. The number of rotatable bonds is 5. The molecule has 1 fully saturated rings. The van der Waals surface area contributed by atoms with Gasteiger partial charge in [0.2, 0.25) is 5.91 Å². The highest BCUT2D eigenvalue weighted by Crippen LogP contribution is 2.22. The van der Waals surface area contributed by atoms with Crippen molar-refractivity contribution >= 4 is 47.3 Å². The number of amides is 5. The molecule has 0 bridgehead atoms. The van der Waals surface area contributed by atoms with Crippen molar-refractivity contribution in [3.63, 3.8) is 0 Å². The van der Waals surface area contributed by atoms with Crippen molar-refractivity contribution < 1.29 is 23.9 Å². The number of carbonyl (C=O) groups excluding carboxylic acids is 4. The summed E-state index contributed by atoms with van der Waals surface area (Å²) in [6, 6.07) is 11.3. The number of ether oxygens (including phenoxy) is 1. The number of anilines is 1. The van der Waals surface area contributed by atoms with Gasteiger partial charge >= 0.3 is 6.03 Å². The lowest BCUT2D eigenvalue weighted by Crippen LogP contribution is -2.58. The van der Waals surface area contributed by atoms with Gasteiger partial charge in [-0.3, -0.25) is 19.7 Å². The average Bonchev–Trinajstić information content (AvgIpc) is 2.71. The molecule has 0 radical (unpaired) electrons. The molecule has 10 heteroatoms. The zero-order valence-corrected chi connectivity index (χ0v) is 15.8. The number of benzene rings is 2. The summed E-state index contributed by atoms with van der Waals surface area (Å²) in [5, 5.41) is 6.19. The Morgan fingerprint density at radius 2 is 1.79 bits per heavy atom. The fraction of sp³-hybridized carbons (Fsp3) is 0.105. The molecule has 9 nitrogen and oxygen atoms in total. The number of carbonyl (C=O) groups is 4. The van der Waals surface area contributed by atoms with E-state index in [1.165, 1.54) is 43.5 Å². The Kier molecular flexibility index (Phi) is 5.89. The number of methoxy groups -OCH3 is 1. The minimum atomic E-state index is -1.39. The zero-order valence-electron chi connectivity index (χ0n) is 15.1. The minimum Gasteiger partial charge on any atom is -0.497 e. The van der Waals surface area contributed by atoms with Gasteiger partial charge in [0.15, 0.2) is 5.92 Å². The number of halogens is 1. The standard InChI is InChI=1S/C19H15ClN4O5/c1-29-14-8-2-11(3-9-14)16(25)23-21-10-15-17(26)22-19(28)24(18(15)27)13-6-4-12(20)5-7-13/h2-10,15H,1H3,(H,23,25)(H,22,26,28)/b21-10-/t15-/m1/s1. The number of urea groups is 1. The topological polar surface area (TPSA) is 117 Å². The highest BCUT2D eigenvalue weighted by Gasteiger charge is 2.40. The summed E-state index contributed by atoms with van der Waals surface area (Å²) in [4.78, 5) is 49.7. The van der Waals surface area contributed by atoms with Crippen molar-refractivity contribution in [2.75, 3.05) is 12.0 Å². The third-order valence-corrected chi connectivity index (χ3v) is 4.28. The highest BCUT2D eigenvalue weighted by atomic mass is 35.5. The fourth-order valence-electron chi connectivity index (χ4n) is 2.53. The van der Waals surface area contributed by atoms with Gasteiger partial charge in [0, 0.05) is 16.8 Å². The van der Waals surface area contributed by atoms with Crippen LogP contribution in [0.4, 0.5) is 10.5 Å². The Bertz CT molecular complexity index is 989. The first-order valence-electron chi connectivity index (χ1n) is 8.32. The van der Waals surface area contributed by atoms with Crippen LogP contribution in [0.2, 0.25) is 5.02 Å². The molecule has 1 saturated heterocycles. The van der Waals surface area contributed by atoms with Crippen LogP contribution in [0.5, 0.6) is 5.75 Å². The van der Waals surface area contributed by atoms with Crippen molar-refractivity contribution in [1.82, 2.24) is 10.7 Å². The largest absolute Gasteiger partial charge is 0.497 e. The molecular formula is C19H15ClN4O5. The van der Waals surface area contributed by atoms with Gasteiger partial charge in [-0.05, 0) is 48.5 Å². The lowest BCUT2D eigenvalue weighted by Gasteiger charge is -2.28. The second-order valence-electron chi connectivity index (χ2n) is 5.87. The monoisotopic (exact) mass is 414 g/mol. The molecule has 2 N–H and O–H groups in total. The molecule has 1 aliphatic rings. The summed E-state index contributed by atoms with van der Waals surface area (Å²) in [5.74, 6) is -2.99. The van der Waals surface area contributed by atoms with E-state index >= 15 is 0 Å². The number of hydrogen-bond acceptors (Lipinski definition) is 6. The number of hydrazone groups is 1. The molecule has 5 amide bonds. The van der Waals surface area contributed by atoms with Crippen molar-refractivity contribution in [1.29, 1.82) is 0 Å². The van der Waals surface area contributed by atoms with E-state index in [2.05, 4.69) is 15.8 Å². The van der Waals surface area contributed by atoms with Crippen LogP contribution < -0.4 is 20.4 Å². The van der Waals surface area contributed by atoms with Crippen molar-refractivity contribution in [2.24, 2.45) is 11.0 Å². The van der Waals surface area contributed by atoms with Gasteiger partial charge in [-0.25, -0.2) is 15.1 Å². The Hall–Kier alpha value is -3.72. The molecule has 1 atom stereocenters. The maximum Gasteiger partial charge on any atom is 0.335 e. The van der Waals surface area contributed by atoms with Crippen LogP contribution >= 0.6 is 11.6 Å². The molecule has 29 heavy (non-hydrogen) atoms. The number of imide groups is 2. The van der Waals surface area contributed by atoms with Crippen LogP contribution in [0.25, 0.3) is 0 Å². The maximum absolute atomic E-state index is 12.6. The van der Waals surface area contributed by atoms with Crippen molar-refractivity contribution in [3.8, 4) is 5.75 Å². The second-order valence-corrected chi connectivity index (χ2v) is 6.31. The summed E-state index contributed by atoms with van der Waals surface area (Å²) >= 11 is 5.81. The molecule has 0 unspecified atom stereocenters. The molecule has 0 aromatic heterocycles.